The van der Waals surface area contributed by atoms with Gasteiger partial charge in [-0.2, -0.15) is 0 Å². The molecular weight excluding hydrogens is 244 g/mol. The molecule has 2 rings (SSSR count). The first kappa shape index (κ1) is 14.3. The molecular formula is C13H24N4O2. The molecule has 2 heterocycles. The van der Waals surface area contributed by atoms with Crippen molar-refractivity contribution in [2.75, 3.05) is 46.3 Å². The molecule has 2 N–H and O–H groups in total. The van der Waals surface area contributed by atoms with Gasteiger partial charge in [0.1, 0.15) is 0 Å². The number of hydrogen-bond acceptors (Lipinski definition) is 4. The first-order valence-corrected chi connectivity index (χ1v) is 7.06. The highest BCUT2D eigenvalue weighted by atomic mass is 16.2. The van der Waals surface area contributed by atoms with Gasteiger partial charge in [-0.1, -0.05) is 0 Å². The van der Waals surface area contributed by atoms with Crippen molar-refractivity contribution in [3.8, 4) is 0 Å². The molecule has 0 aliphatic carbocycles. The van der Waals surface area contributed by atoms with Gasteiger partial charge in [0, 0.05) is 39.3 Å². The van der Waals surface area contributed by atoms with E-state index in [9.17, 15) is 9.59 Å². The van der Waals surface area contributed by atoms with Gasteiger partial charge in [0.2, 0.25) is 11.8 Å². The van der Waals surface area contributed by atoms with Crippen LogP contribution in [-0.2, 0) is 9.59 Å². The van der Waals surface area contributed by atoms with Crippen molar-refractivity contribution in [3.63, 3.8) is 0 Å². The van der Waals surface area contributed by atoms with Crippen molar-refractivity contribution in [1.82, 2.24) is 14.7 Å². The Labute approximate surface area is 114 Å². The minimum absolute atomic E-state index is 0.0338. The number of carbonyl (C=O) groups is 2. The van der Waals surface area contributed by atoms with E-state index in [1.807, 2.05) is 0 Å². The molecule has 2 aliphatic heterocycles. The average Bonchev–Trinajstić information content (AvgIpc) is 2.55. The third-order valence-electron chi connectivity index (χ3n) is 4.02. The highest BCUT2D eigenvalue weighted by Crippen LogP contribution is 2.09. The molecule has 0 aromatic heterocycles. The Bertz CT molecular complexity index is 340. The fourth-order valence-electron chi connectivity index (χ4n) is 2.60. The second-order valence-corrected chi connectivity index (χ2v) is 5.60. The van der Waals surface area contributed by atoms with Crippen LogP contribution in [0, 0.1) is 0 Å². The number of piperidine rings is 1. The summed E-state index contributed by atoms with van der Waals surface area (Å²) in [5.41, 5.74) is 5.85. The Kier molecular flexibility index (Phi) is 4.76. The van der Waals surface area contributed by atoms with Gasteiger partial charge in [-0.25, -0.2) is 0 Å². The third kappa shape index (κ3) is 3.91. The highest BCUT2D eigenvalue weighted by Gasteiger charge is 2.25. The lowest BCUT2D eigenvalue weighted by atomic mass is 10.1. The summed E-state index contributed by atoms with van der Waals surface area (Å²) in [7, 11) is 1.79. The summed E-state index contributed by atoms with van der Waals surface area (Å²) in [6.45, 7) is 3.83. The van der Waals surface area contributed by atoms with Crippen LogP contribution in [0.1, 0.15) is 19.3 Å². The van der Waals surface area contributed by atoms with Gasteiger partial charge in [-0.3, -0.25) is 14.5 Å². The smallest absolute Gasteiger partial charge is 0.241 e. The van der Waals surface area contributed by atoms with E-state index in [0.29, 0.717) is 13.1 Å². The summed E-state index contributed by atoms with van der Waals surface area (Å²) in [6, 6.07) is 0.278. The van der Waals surface area contributed by atoms with Crippen LogP contribution >= 0.6 is 0 Å². The Morgan fingerprint density at radius 3 is 2.63 bits per heavy atom. The fourth-order valence-corrected chi connectivity index (χ4v) is 2.60. The number of nitrogens with zero attached hydrogens (tertiary/aromatic N) is 3. The first-order valence-electron chi connectivity index (χ1n) is 7.06. The van der Waals surface area contributed by atoms with Crippen molar-refractivity contribution in [2.24, 2.45) is 5.73 Å². The number of amides is 2. The van der Waals surface area contributed by atoms with Crippen molar-refractivity contribution < 1.29 is 9.59 Å². The SMILES string of the molecule is CN1CCCN(C(=O)CN2CCC(N)CC2)CC1=O. The van der Waals surface area contributed by atoms with E-state index in [1.165, 1.54) is 0 Å². The van der Waals surface area contributed by atoms with E-state index >= 15 is 0 Å². The van der Waals surface area contributed by atoms with Crippen LogP contribution in [0.5, 0.6) is 0 Å². The average molecular weight is 268 g/mol. The second-order valence-electron chi connectivity index (χ2n) is 5.60. The van der Waals surface area contributed by atoms with Crippen LogP contribution in [0.4, 0.5) is 0 Å². The molecule has 2 amide bonds. The summed E-state index contributed by atoms with van der Waals surface area (Å²) in [4.78, 5) is 29.5. The van der Waals surface area contributed by atoms with E-state index in [2.05, 4.69) is 4.90 Å². The van der Waals surface area contributed by atoms with E-state index in [0.717, 1.165) is 38.9 Å². The fraction of sp³-hybridized carbons (Fsp3) is 0.846. The molecule has 108 valence electrons. The van der Waals surface area contributed by atoms with Gasteiger partial charge < -0.3 is 15.5 Å². The van der Waals surface area contributed by atoms with E-state index in [-0.39, 0.29) is 24.4 Å². The van der Waals surface area contributed by atoms with Crippen molar-refractivity contribution in [1.29, 1.82) is 0 Å². The Hall–Kier alpha value is -1.14. The predicted molar refractivity (Wildman–Crippen MR) is 72.5 cm³/mol. The summed E-state index contributed by atoms with van der Waals surface area (Å²) in [5, 5.41) is 0. The van der Waals surface area contributed by atoms with E-state index in [1.54, 1.807) is 16.8 Å². The molecule has 0 spiro atoms. The van der Waals surface area contributed by atoms with Crippen LogP contribution in [-0.4, -0.2) is 78.9 Å². The molecule has 19 heavy (non-hydrogen) atoms. The maximum absolute atomic E-state index is 12.2. The Morgan fingerprint density at radius 1 is 1.26 bits per heavy atom. The molecule has 2 saturated heterocycles. The van der Waals surface area contributed by atoms with Crippen LogP contribution < -0.4 is 5.73 Å². The summed E-state index contributed by atoms with van der Waals surface area (Å²) in [5.74, 6) is 0.102. The van der Waals surface area contributed by atoms with Gasteiger partial charge in [0.05, 0.1) is 13.1 Å². The Morgan fingerprint density at radius 2 is 1.95 bits per heavy atom. The van der Waals surface area contributed by atoms with Crippen LogP contribution in [0.25, 0.3) is 0 Å². The second kappa shape index (κ2) is 6.34. The Balaban J connectivity index is 1.83. The molecule has 0 aromatic rings. The number of rotatable bonds is 2. The van der Waals surface area contributed by atoms with Crippen molar-refractivity contribution >= 4 is 11.8 Å². The molecule has 0 radical (unpaired) electrons. The predicted octanol–water partition coefficient (Wildman–Crippen LogP) is -0.900. The largest absolute Gasteiger partial charge is 0.344 e. The lowest BCUT2D eigenvalue weighted by Crippen LogP contribution is -2.47. The molecule has 6 heteroatoms. The zero-order chi connectivity index (χ0) is 13.8. The molecule has 2 aliphatic rings. The first-order chi connectivity index (χ1) is 9.06. The minimum atomic E-state index is 0.0338. The molecule has 0 atom stereocenters. The van der Waals surface area contributed by atoms with Crippen molar-refractivity contribution in [2.45, 2.75) is 25.3 Å². The minimum Gasteiger partial charge on any atom is -0.344 e. The number of likely N-dealkylation sites (N-methyl/N-ethyl adjacent to an activating group) is 1. The van der Waals surface area contributed by atoms with Crippen molar-refractivity contribution in [3.05, 3.63) is 0 Å². The van der Waals surface area contributed by atoms with Gasteiger partial charge in [-0.05, 0) is 19.3 Å². The molecule has 0 saturated carbocycles. The number of carbonyl (C=O) groups excluding carboxylic acids is 2. The van der Waals surface area contributed by atoms with Crippen LogP contribution in [0.2, 0.25) is 0 Å². The van der Waals surface area contributed by atoms with Gasteiger partial charge in [0.15, 0.2) is 0 Å². The summed E-state index contributed by atoms with van der Waals surface area (Å²) < 4.78 is 0. The number of likely N-dealkylation sites (tertiary alicyclic amines) is 1. The zero-order valence-corrected chi connectivity index (χ0v) is 11.7. The lowest BCUT2D eigenvalue weighted by molar-refractivity contribution is -0.138. The van der Waals surface area contributed by atoms with Gasteiger partial charge >= 0.3 is 0 Å². The quantitative estimate of drug-likeness (QED) is 0.705. The molecule has 6 nitrogen and oxygen atoms in total. The normalized spacial score (nSPS) is 23.6. The maximum Gasteiger partial charge on any atom is 0.241 e. The molecule has 0 unspecified atom stereocenters. The topological polar surface area (TPSA) is 69.9 Å². The van der Waals surface area contributed by atoms with Crippen LogP contribution in [0.15, 0.2) is 0 Å². The molecule has 2 fully saturated rings. The summed E-state index contributed by atoms with van der Waals surface area (Å²) in [6.07, 6.45) is 2.77. The van der Waals surface area contributed by atoms with Crippen LogP contribution in [0.3, 0.4) is 0 Å². The van der Waals surface area contributed by atoms with Gasteiger partial charge in [-0.15, -0.1) is 0 Å². The van der Waals surface area contributed by atoms with Gasteiger partial charge in [0.25, 0.3) is 0 Å². The number of hydrogen-bond donors (Lipinski definition) is 1. The maximum atomic E-state index is 12.2. The lowest BCUT2D eigenvalue weighted by Gasteiger charge is -2.31. The standard InChI is InChI=1S/C13H24N4O2/c1-15-5-2-6-17(10-12(15)18)13(19)9-16-7-3-11(14)4-8-16/h11H,2-10,14H2,1H3. The molecule has 0 bridgehead atoms. The third-order valence-corrected chi connectivity index (χ3v) is 4.02. The summed E-state index contributed by atoms with van der Waals surface area (Å²) >= 11 is 0. The van der Waals surface area contributed by atoms with E-state index in [4.69, 9.17) is 5.73 Å². The zero-order valence-electron chi connectivity index (χ0n) is 11.7. The monoisotopic (exact) mass is 268 g/mol. The number of nitrogens with two attached hydrogens (primary N) is 1. The van der Waals surface area contributed by atoms with E-state index < -0.39 is 0 Å². The highest BCUT2D eigenvalue weighted by molar-refractivity contribution is 5.86. The molecule has 0 aromatic carbocycles.